The van der Waals surface area contributed by atoms with Crippen LogP contribution in [0.1, 0.15) is 43.0 Å². The third-order valence-electron chi connectivity index (χ3n) is 4.28. The summed E-state index contributed by atoms with van der Waals surface area (Å²) in [6.07, 6.45) is 6.44. The van der Waals surface area contributed by atoms with Crippen LogP contribution >= 0.6 is 0 Å². The fourth-order valence-electron chi connectivity index (χ4n) is 2.84. The number of pyridine rings is 1. The number of hydrogen-bond donors (Lipinski definition) is 2. The molecule has 0 aliphatic carbocycles. The van der Waals surface area contributed by atoms with Crippen molar-refractivity contribution in [3.05, 3.63) is 36.0 Å². The van der Waals surface area contributed by atoms with Gasteiger partial charge in [0, 0.05) is 25.3 Å². The number of carbonyl (C=O) groups excluding carboxylic acids is 1. The average molecular weight is 316 g/mol. The number of nitrogens with zero attached hydrogens (tertiary/aromatic N) is 2. The van der Waals surface area contributed by atoms with Crippen molar-refractivity contribution in [2.24, 2.45) is 0 Å². The Labute approximate surface area is 139 Å². The second-order valence-corrected chi connectivity index (χ2v) is 6.42. The van der Waals surface area contributed by atoms with E-state index in [1.807, 2.05) is 13.0 Å². The normalized spacial score (nSPS) is 18.4. The molecule has 5 heteroatoms. The minimum Gasteiger partial charge on any atom is -0.366 e. The fraction of sp³-hybridized carbons (Fsp3) is 0.556. The molecule has 1 aliphatic heterocycles. The van der Waals surface area contributed by atoms with Crippen LogP contribution in [0.5, 0.6) is 0 Å². The largest absolute Gasteiger partial charge is 0.366 e. The Balaban J connectivity index is 1.75. The van der Waals surface area contributed by atoms with Crippen LogP contribution < -0.4 is 10.6 Å². The first-order chi connectivity index (χ1) is 11.1. The summed E-state index contributed by atoms with van der Waals surface area (Å²) in [7, 11) is 2.17. The van der Waals surface area contributed by atoms with Crippen molar-refractivity contribution >= 4 is 11.7 Å². The van der Waals surface area contributed by atoms with Gasteiger partial charge in [-0.25, -0.2) is 4.98 Å². The standard InChI is InChI=1S/C18H28N4O/c1-14(2)12-20-17-8-7-15(13-21-17)18(23)19-10-9-16-6-4-5-11-22(16)3/h7-8,13,16H,1,4-6,9-12H2,2-3H3,(H,19,23)(H,20,21)/t16-/m0/s1. The highest BCUT2D eigenvalue weighted by atomic mass is 16.1. The molecule has 1 saturated heterocycles. The number of rotatable bonds is 7. The van der Waals surface area contributed by atoms with Gasteiger partial charge in [0.2, 0.25) is 0 Å². The molecule has 0 unspecified atom stereocenters. The molecule has 23 heavy (non-hydrogen) atoms. The van der Waals surface area contributed by atoms with Crippen molar-refractivity contribution < 1.29 is 4.79 Å². The van der Waals surface area contributed by atoms with Crippen LogP contribution in [0.2, 0.25) is 0 Å². The first-order valence-corrected chi connectivity index (χ1v) is 8.39. The van der Waals surface area contributed by atoms with Crippen molar-refractivity contribution in [2.75, 3.05) is 32.0 Å². The minimum atomic E-state index is -0.0533. The van der Waals surface area contributed by atoms with E-state index in [1.165, 1.54) is 25.8 Å². The quantitative estimate of drug-likeness (QED) is 0.759. The van der Waals surface area contributed by atoms with E-state index in [1.54, 1.807) is 12.3 Å². The molecule has 1 aromatic rings. The van der Waals surface area contributed by atoms with Crippen LogP contribution in [-0.2, 0) is 0 Å². The highest BCUT2D eigenvalue weighted by Crippen LogP contribution is 2.17. The van der Waals surface area contributed by atoms with E-state index in [2.05, 4.69) is 34.1 Å². The Hall–Kier alpha value is -1.88. The van der Waals surface area contributed by atoms with Gasteiger partial charge in [0.15, 0.2) is 0 Å². The molecule has 0 radical (unpaired) electrons. The van der Waals surface area contributed by atoms with Crippen LogP contribution in [0.25, 0.3) is 0 Å². The first-order valence-electron chi connectivity index (χ1n) is 8.39. The Morgan fingerprint density at radius 2 is 2.26 bits per heavy atom. The summed E-state index contributed by atoms with van der Waals surface area (Å²) in [5.41, 5.74) is 1.64. The predicted molar refractivity (Wildman–Crippen MR) is 94.8 cm³/mol. The summed E-state index contributed by atoms with van der Waals surface area (Å²) < 4.78 is 0. The van der Waals surface area contributed by atoms with E-state index < -0.39 is 0 Å². The van der Waals surface area contributed by atoms with Gasteiger partial charge in [-0.15, -0.1) is 0 Å². The molecule has 2 heterocycles. The molecule has 0 bridgehead atoms. The molecule has 1 aliphatic rings. The van der Waals surface area contributed by atoms with Gasteiger partial charge < -0.3 is 15.5 Å². The number of amides is 1. The monoisotopic (exact) mass is 316 g/mol. The third-order valence-corrected chi connectivity index (χ3v) is 4.28. The molecule has 5 nitrogen and oxygen atoms in total. The lowest BCUT2D eigenvalue weighted by Crippen LogP contribution is -2.39. The SMILES string of the molecule is C=C(C)CNc1ccc(C(=O)NCC[C@@H]2CCCCN2C)cn1. The molecule has 1 amide bonds. The van der Waals surface area contributed by atoms with Gasteiger partial charge in [0.1, 0.15) is 5.82 Å². The van der Waals surface area contributed by atoms with Crippen molar-refractivity contribution in [1.82, 2.24) is 15.2 Å². The van der Waals surface area contributed by atoms with Crippen molar-refractivity contribution in [1.29, 1.82) is 0 Å². The summed E-state index contributed by atoms with van der Waals surface area (Å²) >= 11 is 0. The fourth-order valence-corrected chi connectivity index (χ4v) is 2.84. The summed E-state index contributed by atoms with van der Waals surface area (Å²) in [4.78, 5) is 18.8. The molecule has 0 aromatic carbocycles. The maximum absolute atomic E-state index is 12.1. The molecule has 1 atom stereocenters. The molecule has 2 rings (SSSR count). The molecular weight excluding hydrogens is 288 g/mol. The van der Waals surface area contributed by atoms with Crippen molar-refractivity contribution in [3.63, 3.8) is 0 Å². The van der Waals surface area contributed by atoms with Gasteiger partial charge in [-0.05, 0) is 51.9 Å². The van der Waals surface area contributed by atoms with Crippen LogP contribution in [-0.4, -0.2) is 48.5 Å². The smallest absolute Gasteiger partial charge is 0.252 e. The van der Waals surface area contributed by atoms with E-state index >= 15 is 0 Å². The Kier molecular flexibility index (Phi) is 6.59. The number of nitrogens with one attached hydrogen (secondary N) is 2. The summed E-state index contributed by atoms with van der Waals surface area (Å²) in [6, 6.07) is 4.22. The molecule has 0 saturated carbocycles. The molecule has 2 N–H and O–H groups in total. The Morgan fingerprint density at radius 3 is 2.91 bits per heavy atom. The molecule has 1 aromatic heterocycles. The van der Waals surface area contributed by atoms with E-state index in [4.69, 9.17) is 0 Å². The van der Waals surface area contributed by atoms with Gasteiger partial charge >= 0.3 is 0 Å². The zero-order chi connectivity index (χ0) is 16.7. The lowest BCUT2D eigenvalue weighted by molar-refractivity contribution is 0.0945. The summed E-state index contributed by atoms with van der Waals surface area (Å²) in [5, 5.41) is 6.15. The maximum atomic E-state index is 12.1. The first kappa shape index (κ1) is 17.5. The lowest BCUT2D eigenvalue weighted by atomic mass is 10.0. The van der Waals surface area contributed by atoms with Gasteiger partial charge in [-0.2, -0.15) is 0 Å². The Morgan fingerprint density at radius 1 is 1.43 bits per heavy atom. The van der Waals surface area contributed by atoms with E-state index in [-0.39, 0.29) is 5.91 Å². The second kappa shape index (κ2) is 8.67. The Bertz CT molecular complexity index is 526. The summed E-state index contributed by atoms with van der Waals surface area (Å²) in [5.74, 6) is 0.704. The maximum Gasteiger partial charge on any atom is 0.252 e. The van der Waals surface area contributed by atoms with Gasteiger partial charge in [0.25, 0.3) is 5.91 Å². The third kappa shape index (κ3) is 5.67. The van der Waals surface area contributed by atoms with E-state index in [9.17, 15) is 4.79 Å². The lowest BCUT2D eigenvalue weighted by Gasteiger charge is -2.32. The van der Waals surface area contributed by atoms with Crippen LogP contribution in [0, 0.1) is 0 Å². The topological polar surface area (TPSA) is 57.3 Å². The second-order valence-electron chi connectivity index (χ2n) is 6.42. The number of hydrogen-bond acceptors (Lipinski definition) is 4. The number of anilines is 1. The number of carbonyl (C=O) groups is 1. The zero-order valence-electron chi connectivity index (χ0n) is 14.3. The van der Waals surface area contributed by atoms with E-state index in [0.29, 0.717) is 24.7 Å². The minimum absolute atomic E-state index is 0.0533. The van der Waals surface area contributed by atoms with Crippen LogP contribution in [0.15, 0.2) is 30.5 Å². The number of piperidine rings is 1. The van der Waals surface area contributed by atoms with Crippen molar-refractivity contribution in [2.45, 2.75) is 38.6 Å². The van der Waals surface area contributed by atoms with Gasteiger partial charge in [0.05, 0.1) is 5.56 Å². The average Bonchev–Trinajstić information content (AvgIpc) is 2.55. The van der Waals surface area contributed by atoms with Crippen LogP contribution in [0.3, 0.4) is 0 Å². The van der Waals surface area contributed by atoms with Crippen LogP contribution in [0.4, 0.5) is 5.82 Å². The number of likely N-dealkylation sites (tertiary alicyclic amines) is 1. The molecule has 1 fully saturated rings. The number of aromatic nitrogens is 1. The summed E-state index contributed by atoms with van der Waals surface area (Å²) in [6.45, 7) is 8.36. The van der Waals surface area contributed by atoms with Crippen molar-refractivity contribution in [3.8, 4) is 0 Å². The zero-order valence-corrected chi connectivity index (χ0v) is 14.3. The highest BCUT2D eigenvalue weighted by Gasteiger charge is 2.18. The highest BCUT2D eigenvalue weighted by molar-refractivity contribution is 5.94. The molecular formula is C18H28N4O. The van der Waals surface area contributed by atoms with Gasteiger partial charge in [-0.3, -0.25) is 4.79 Å². The van der Waals surface area contributed by atoms with Gasteiger partial charge in [-0.1, -0.05) is 18.6 Å². The predicted octanol–water partition coefficient (Wildman–Crippen LogP) is 2.67. The van der Waals surface area contributed by atoms with E-state index in [0.717, 1.165) is 17.8 Å². The molecule has 0 spiro atoms. The molecule has 126 valence electrons.